The van der Waals surface area contributed by atoms with Crippen LogP contribution >= 0.6 is 27.5 Å². The zero-order chi connectivity index (χ0) is 15.6. The van der Waals surface area contributed by atoms with Gasteiger partial charge in [-0.25, -0.2) is 14.8 Å². The van der Waals surface area contributed by atoms with Gasteiger partial charge in [0, 0.05) is 23.0 Å². The summed E-state index contributed by atoms with van der Waals surface area (Å²) in [6.45, 7) is 3.94. The average Bonchev–Trinajstić information content (AvgIpc) is 2.76. The van der Waals surface area contributed by atoms with E-state index in [1.807, 2.05) is 24.5 Å². The maximum absolute atomic E-state index is 12.2. The molecule has 0 bridgehead atoms. The van der Waals surface area contributed by atoms with E-state index < -0.39 is 6.04 Å². The second kappa shape index (κ2) is 6.75. The molecule has 0 radical (unpaired) electrons. The Hall–Kier alpha value is -1.14. The maximum atomic E-state index is 12.2. The number of halogens is 2. The number of nitrogens with zero attached hydrogens (tertiary/aromatic N) is 3. The lowest BCUT2D eigenvalue weighted by Crippen LogP contribution is -2.27. The third kappa shape index (κ3) is 3.21. The second-order valence-electron chi connectivity index (χ2n) is 5.05. The Morgan fingerprint density at radius 3 is 2.81 bits per heavy atom. The van der Waals surface area contributed by atoms with E-state index in [0.29, 0.717) is 17.9 Å². The molecule has 2 aromatic heterocycles. The largest absolute Gasteiger partial charge is 0.467 e. The molecule has 21 heavy (non-hydrogen) atoms. The number of imidazole rings is 1. The van der Waals surface area contributed by atoms with Crippen LogP contribution in [0.3, 0.4) is 0 Å². The summed E-state index contributed by atoms with van der Waals surface area (Å²) < 4.78 is 7.64. The number of hydrogen-bond acceptors (Lipinski definition) is 4. The van der Waals surface area contributed by atoms with Crippen LogP contribution in [0.5, 0.6) is 0 Å². The van der Waals surface area contributed by atoms with Gasteiger partial charge in [0.05, 0.1) is 7.11 Å². The first kappa shape index (κ1) is 16.2. The highest BCUT2D eigenvalue weighted by molar-refractivity contribution is 9.10. The number of aromatic nitrogens is 3. The fourth-order valence-corrected chi connectivity index (χ4v) is 2.84. The summed E-state index contributed by atoms with van der Waals surface area (Å²) in [5, 5.41) is 0. The van der Waals surface area contributed by atoms with Crippen molar-refractivity contribution in [2.45, 2.75) is 26.3 Å². The lowest BCUT2D eigenvalue weighted by Gasteiger charge is -2.22. The molecule has 0 N–H and O–H groups in total. The first-order valence-corrected chi connectivity index (χ1v) is 7.98. The van der Waals surface area contributed by atoms with Crippen molar-refractivity contribution in [1.29, 1.82) is 0 Å². The standard InChI is InChI=1S/C14H17BrClN3O2/c1-8(2)12(14(20)21-3)19-11(4-5-16)18-10-6-9(15)7-17-13(10)19/h6-8,12H,4-5H2,1-3H3. The SMILES string of the molecule is COC(=O)C(C(C)C)n1c(CCCl)nc2cc(Br)cnc21. The zero-order valence-electron chi connectivity index (χ0n) is 12.1. The van der Waals surface area contributed by atoms with Crippen molar-refractivity contribution in [3.05, 3.63) is 22.6 Å². The Balaban J connectivity index is 2.68. The predicted octanol–water partition coefficient (Wildman–Crippen LogP) is 3.35. The van der Waals surface area contributed by atoms with Gasteiger partial charge in [0.2, 0.25) is 0 Å². The zero-order valence-corrected chi connectivity index (χ0v) is 14.5. The quantitative estimate of drug-likeness (QED) is 0.595. The summed E-state index contributed by atoms with van der Waals surface area (Å²) in [5.74, 6) is 0.921. The van der Waals surface area contributed by atoms with E-state index in [1.54, 1.807) is 6.20 Å². The molecule has 1 atom stereocenters. The predicted molar refractivity (Wildman–Crippen MR) is 85.5 cm³/mol. The van der Waals surface area contributed by atoms with E-state index in [4.69, 9.17) is 16.3 Å². The minimum absolute atomic E-state index is 0.0503. The molecule has 2 aromatic rings. The van der Waals surface area contributed by atoms with Crippen molar-refractivity contribution in [2.24, 2.45) is 5.92 Å². The van der Waals surface area contributed by atoms with Gasteiger partial charge in [-0.15, -0.1) is 11.6 Å². The molecule has 0 aliphatic heterocycles. The lowest BCUT2D eigenvalue weighted by atomic mass is 10.0. The monoisotopic (exact) mass is 373 g/mol. The minimum atomic E-state index is -0.466. The summed E-state index contributed by atoms with van der Waals surface area (Å²) in [7, 11) is 1.39. The Kier molecular flexibility index (Phi) is 5.22. The second-order valence-corrected chi connectivity index (χ2v) is 6.34. The van der Waals surface area contributed by atoms with Crippen LogP contribution in [0.4, 0.5) is 0 Å². The molecule has 0 saturated heterocycles. The van der Waals surface area contributed by atoms with Gasteiger partial charge < -0.3 is 4.74 Å². The number of ether oxygens (including phenoxy) is 1. The fraction of sp³-hybridized carbons (Fsp3) is 0.500. The molecule has 1 unspecified atom stereocenters. The van der Waals surface area contributed by atoms with Crippen molar-refractivity contribution in [3.8, 4) is 0 Å². The van der Waals surface area contributed by atoms with Crippen LogP contribution in [0.1, 0.15) is 25.7 Å². The van der Waals surface area contributed by atoms with E-state index in [9.17, 15) is 4.79 Å². The number of methoxy groups -OCH3 is 1. The smallest absolute Gasteiger partial charge is 0.329 e. The van der Waals surface area contributed by atoms with Crippen LogP contribution in [0, 0.1) is 5.92 Å². The number of hydrogen-bond donors (Lipinski definition) is 0. The van der Waals surface area contributed by atoms with Gasteiger partial charge in [-0.05, 0) is 27.9 Å². The van der Waals surface area contributed by atoms with Crippen LogP contribution in [-0.4, -0.2) is 33.5 Å². The van der Waals surface area contributed by atoms with Crippen LogP contribution in [0.25, 0.3) is 11.2 Å². The number of aryl methyl sites for hydroxylation is 1. The van der Waals surface area contributed by atoms with Gasteiger partial charge >= 0.3 is 5.97 Å². The summed E-state index contributed by atoms with van der Waals surface area (Å²) >= 11 is 9.25. The van der Waals surface area contributed by atoms with E-state index in [-0.39, 0.29) is 11.9 Å². The summed E-state index contributed by atoms with van der Waals surface area (Å²) in [6.07, 6.45) is 2.26. The van der Waals surface area contributed by atoms with Crippen molar-refractivity contribution in [3.63, 3.8) is 0 Å². The van der Waals surface area contributed by atoms with Crippen LogP contribution in [0.15, 0.2) is 16.7 Å². The number of rotatable bonds is 5. The van der Waals surface area contributed by atoms with Gasteiger partial charge in [0.15, 0.2) is 5.65 Å². The Labute approximate surface area is 136 Å². The van der Waals surface area contributed by atoms with Crippen molar-refractivity contribution in [2.75, 3.05) is 13.0 Å². The highest BCUT2D eigenvalue weighted by Crippen LogP contribution is 2.28. The van der Waals surface area contributed by atoms with Crippen molar-refractivity contribution in [1.82, 2.24) is 14.5 Å². The molecule has 7 heteroatoms. The molecule has 5 nitrogen and oxygen atoms in total. The van der Waals surface area contributed by atoms with E-state index in [0.717, 1.165) is 15.8 Å². The molecule has 2 rings (SSSR count). The number of alkyl halides is 1. The van der Waals surface area contributed by atoms with Crippen LogP contribution in [0.2, 0.25) is 0 Å². The summed E-state index contributed by atoms with van der Waals surface area (Å²) in [5.41, 5.74) is 1.40. The maximum Gasteiger partial charge on any atom is 0.329 e. The molecule has 0 aromatic carbocycles. The third-order valence-electron chi connectivity index (χ3n) is 3.24. The van der Waals surface area contributed by atoms with E-state index >= 15 is 0 Å². The Morgan fingerprint density at radius 1 is 1.52 bits per heavy atom. The minimum Gasteiger partial charge on any atom is -0.467 e. The first-order valence-electron chi connectivity index (χ1n) is 6.65. The molecule has 0 fully saturated rings. The normalized spacial score (nSPS) is 12.9. The highest BCUT2D eigenvalue weighted by atomic mass is 79.9. The fourth-order valence-electron chi connectivity index (χ4n) is 2.35. The summed E-state index contributed by atoms with van der Waals surface area (Å²) in [4.78, 5) is 21.1. The molecule has 0 amide bonds. The number of carbonyl (C=O) groups is 1. The van der Waals surface area contributed by atoms with Crippen LogP contribution < -0.4 is 0 Å². The number of fused-ring (bicyclic) bond motifs is 1. The molecule has 2 heterocycles. The molecular weight excluding hydrogens is 358 g/mol. The number of esters is 1. The van der Waals surface area contributed by atoms with Crippen LogP contribution in [-0.2, 0) is 16.0 Å². The van der Waals surface area contributed by atoms with Gasteiger partial charge in [-0.3, -0.25) is 4.57 Å². The lowest BCUT2D eigenvalue weighted by molar-refractivity contribution is -0.146. The molecule has 0 aliphatic carbocycles. The van der Waals surface area contributed by atoms with E-state index in [1.165, 1.54) is 7.11 Å². The molecule has 114 valence electrons. The van der Waals surface area contributed by atoms with Gasteiger partial charge in [0.25, 0.3) is 0 Å². The molecule has 0 saturated carbocycles. The Bertz CT molecular complexity index is 657. The molecular formula is C14H17BrClN3O2. The first-order chi connectivity index (χ1) is 9.99. The van der Waals surface area contributed by atoms with Crippen molar-refractivity contribution >= 4 is 44.7 Å². The number of carbonyl (C=O) groups excluding carboxylic acids is 1. The highest BCUT2D eigenvalue weighted by Gasteiger charge is 2.29. The third-order valence-corrected chi connectivity index (χ3v) is 3.86. The molecule has 0 spiro atoms. The van der Waals surface area contributed by atoms with Gasteiger partial charge in [-0.1, -0.05) is 13.8 Å². The Morgan fingerprint density at radius 2 is 2.24 bits per heavy atom. The van der Waals surface area contributed by atoms with E-state index in [2.05, 4.69) is 25.9 Å². The average molecular weight is 375 g/mol. The van der Waals surface area contributed by atoms with Gasteiger partial charge in [0.1, 0.15) is 17.4 Å². The summed E-state index contributed by atoms with van der Waals surface area (Å²) in [6, 6.07) is 1.41. The number of pyridine rings is 1. The van der Waals surface area contributed by atoms with Crippen molar-refractivity contribution < 1.29 is 9.53 Å². The molecule has 0 aliphatic rings. The topological polar surface area (TPSA) is 57.0 Å². The van der Waals surface area contributed by atoms with Gasteiger partial charge in [-0.2, -0.15) is 0 Å².